The molecule has 0 aromatic heterocycles. The third-order valence-corrected chi connectivity index (χ3v) is 9.69. The maximum atomic E-state index is 13.7. The summed E-state index contributed by atoms with van der Waals surface area (Å²) in [7, 11) is 0. The number of imide groups is 2. The molecule has 2 aliphatic heterocycles. The van der Waals surface area contributed by atoms with Crippen molar-refractivity contribution >= 4 is 64.0 Å². The monoisotopic (exact) mass is 738 g/mol. The van der Waals surface area contributed by atoms with Crippen LogP contribution >= 0.6 is 0 Å². The predicted molar refractivity (Wildman–Crippen MR) is 210 cm³/mol. The lowest BCUT2D eigenvalue weighted by Gasteiger charge is -2.14. The Labute approximate surface area is 320 Å². The van der Waals surface area contributed by atoms with E-state index in [1.54, 1.807) is 72.8 Å². The molecule has 0 atom stereocenters. The molecule has 8 rings (SSSR count). The molecule has 0 saturated heterocycles. The van der Waals surface area contributed by atoms with Crippen molar-refractivity contribution in [1.82, 2.24) is 0 Å². The molecular formula is C45H30N4O7. The molecule has 2 heterocycles. The van der Waals surface area contributed by atoms with Gasteiger partial charge in [0, 0.05) is 33.6 Å². The van der Waals surface area contributed by atoms with Crippen molar-refractivity contribution < 1.29 is 33.6 Å². The SMILES string of the molecule is Cc1ccc(C(=O)Nc2ccc(N3C(=O)c4ccc(C(=O)c5ccc6c(c5)C(=O)N(c5ccc(NC(=O)c7ccc(C)cc7)cc5)C6=O)cc4C3=O)cc2)cc1. The average molecular weight is 739 g/mol. The van der Waals surface area contributed by atoms with E-state index in [0.29, 0.717) is 22.5 Å². The first-order chi connectivity index (χ1) is 27.0. The summed E-state index contributed by atoms with van der Waals surface area (Å²) in [6.07, 6.45) is 0. The van der Waals surface area contributed by atoms with Gasteiger partial charge in [0.15, 0.2) is 5.78 Å². The fraction of sp³-hybridized carbons (Fsp3) is 0.0444. The zero-order valence-corrected chi connectivity index (χ0v) is 30.0. The molecule has 11 nitrogen and oxygen atoms in total. The topological polar surface area (TPSA) is 150 Å². The van der Waals surface area contributed by atoms with Gasteiger partial charge in [-0.05, 0) is 111 Å². The molecule has 0 saturated carbocycles. The minimum atomic E-state index is -0.623. The Balaban J connectivity index is 0.960. The lowest BCUT2D eigenvalue weighted by atomic mass is 9.96. The predicted octanol–water partition coefficient (Wildman–Crippen LogP) is 7.64. The van der Waals surface area contributed by atoms with Gasteiger partial charge in [0.25, 0.3) is 35.4 Å². The molecule has 2 N–H and O–H groups in total. The van der Waals surface area contributed by atoms with E-state index < -0.39 is 29.4 Å². The van der Waals surface area contributed by atoms with Gasteiger partial charge >= 0.3 is 0 Å². The Morgan fingerprint density at radius 1 is 0.393 bits per heavy atom. The van der Waals surface area contributed by atoms with E-state index in [2.05, 4.69) is 10.6 Å². The van der Waals surface area contributed by atoms with Gasteiger partial charge in [-0.1, -0.05) is 47.5 Å². The van der Waals surface area contributed by atoms with Gasteiger partial charge in [-0.15, -0.1) is 0 Å². The summed E-state index contributed by atoms with van der Waals surface area (Å²) < 4.78 is 0. The lowest BCUT2D eigenvalue weighted by molar-refractivity contribution is 0.0910. The summed E-state index contributed by atoms with van der Waals surface area (Å²) in [6, 6.07) is 35.1. The van der Waals surface area contributed by atoms with Crippen LogP contribution in [-0.4, -0.2) is 41.2 Å². The van der Waals surface area contributed by atoms with Crippen LogP contribution in [-0.2, 0) is 0 Å². The zero-order valence-electron chi connectivity index (χ0n) is 30.0. The Hall–Kier alpha value is -7.79. The number of anilines is 4. The van der Waals surface area contributed by atoms with Gasteiger partial charge in [0.2, 0.25) is 0 Å². The van der Waals surface area contributed by atoms with E-state index >= 15 is 0 Å². The number of nitrogens with one attached hydrogen (secondary N) is 2. The van der Waals surface area contributed by atoms with Gasteiger partial charge < -0.3 is 10.6 Å². The summed E-state index contributed by atoms with van der Waals surface area (Å²) in [5, 5.41) is 5.59. The molecule has 272 valence electrons. The standard InChI is InChI=1S/C45H30N4O7/c1-25-3-7-27(8-4-25)40(51)46-31-13-17-33(18-14-31)48-42(53)35-21-11-29(23-37(35)44(48)55)39(50)30-12-22-36-38(24-30)45(56)49(43(36)54)34-19-15-32(16-20-34)47-41(52)28-9-5-26(2)6-10-28/h3-24H,1-2H3,(H,46,51)(H,47,52). The van der Waals surface area contributed by atoms with Crippen LogP contribution < -0.4 is 20.4 Å². The number of aryl methyl sites for hydroxylation is 2. The minimum Gasteiger partial charge on any atom is -0.322 e. The molecule has 56 heavy (non-hydrogen) atoms. The second kappa shape index (κ2) is 13.9. The smallest absolute Gasteiger partial charge is 0.266 e. The number of ketones is 1. The van der Waals surface area contributed by atoms with E-state index in [1.165, 1.54) is 36.4 Å². The van der Waals surface area contributed by atoms with Crippen LogP contribution in [0.25, 0.3) is 0 Å². The highest BCUT2D eigenvalue weighted by Gasteiger charge is 2.39. The average Bonchev–Trinajstić information content (AvgIpc) is 3.61. The quantitative estimate of drug-likeness (QED) is 0.120. The molecule has 0 unspecified atom stereocenters. The van der Waals surface area contributed by atoms with Crippen molar-refractivity contribution in [2.24, 2.45) is 0 Å². The minimum absolute atomic E-state index is 0.0368. The lowest BCUT2D eigenvalue weighted by Crippen LogP contribution is -2.29. The molecule has 6 amide bonds. The molecule has 2 aliphatic rings. The van der Waals surface area contributed by atoms with Crippen LogP contribution in [0.2, 0.25) is 0 Å². The first-order valence-electron chi connectivity index (χ1n) is 17.5. The van der Waals surface area contributed by atoms with E-state index in [-0.39, 0.29) is 56.6 Å². The maximum absolute atomic E-state index is 13.7. The van der Waals surface area contributed by atoms with Gasteiger partial charge in [0.1, 0.15) is 0 Å². The molecule has 0 aliphatic carbocycles. The van der Waals surface area contributed by atoms with E-state index in [1.807, 2.05) is 38.1 Å². The number of carbonyl (C=O) groups excluding carboxylic acids is 7. The Bertz CT molecular complexity index is 2480. The van der Waals surface area contributed by atoms with Crippen molar-refractivity contribution in [2.45, 2.75) is 13.8 Å². The van der Waals surface area contributed by atoms with Gasteiger partial charge in [-0.2, -0.15) is 0 Å². The molecule has 11 heteroatoms. The number of nitrogens with zero attached hydrogens (tertiary/aromatic N) is 2. The number of rotatable bonds is 8. The summed E-state index contributed by atoms with van der Waals surface area (Å²) in [5.74, 6) is -3.51. The highest BCUT2D eigenvalue weighted by atomic mass is 16.2. The van der Waals surface area contributed by atoms with Crippen LogP contribution in [0.1, 0.15) is 89.2 Å². The normalized spacial score (nSPS) is 13.1. The van der Waals surface area contributed by atoms with Crippen LogP contribution in [0.4, 0.5) is 22.7 Å². The molecule has 0 spiro atoms. The second-order valence-corrected chi connectivity index (χ2v) is 13.5. The Morgan fingerprint density at radius 2 is 0.714 bits per heavy atom. The van der Waals surface area contributed by atoms with E-state index in [9.17, 15) is 33.6 Å². The molecule has 0 fully saturated rings. The van der Waals surface area contributed by atoms with Crippen LogP contribution in [0, 0.1) is 13.8 Å². The molecule has 0 bridgehead atoms. The third-order valence-electron chi connectivity index (χ3n) is 9.69. The Morgan fingerprint density at radius 3 is 1.07 bits per heavy atom. The fourth-order valence-electron chi connectivity index (χ4n) is 6.60. The molecule has 0 radical (unpaired) electrons. The number of amides is 6. The molecular weight excluding hydrogens is 709 g/mol. The summed E-state index contributed by atoms with van der Waals surface area (Å²) in [5.41, 5.74) is 5.05. The van der Waals surface area contributed by atoms with Crippen molar-refractivity contribution in [2.75, 3.05) is 20.4 Å². The van der Waals surface area contributed by atoms with Gasteiger partial charge in [0.05, 0.1) is 33.6 Å². The second-order valence-electron chi connectivity index (χ2n) is 13.5. The number of hydrogen-bond acceptors (Lipinski definition) is 7. The van der Waals surface area contributed by atoms with Gasteiger partial charge in [-0.3, -0.25) is 33.6 Å². The highest BCUT2D eigenvalue weighted by molar-refractivity contribution is 6.36. The number of fused-ring (bicyclic) bond motifs is 2. The first-order valence-corrected chi connectivity index (χ1v) is 17.5. The molecule has 6 aromatic carbocycles. The maximum Gasteiger partial charge on any atom is 0.266 e. The molecule has 6 aromatic rings. The fourth-order valence-corrected chi connectivity index (χ4v) is 6.60. The number of hydrogen-bond donors (Lipinski definition) is 2. The summed E-state index contributed by atoms with van der Waals surface area (Å²) in [4.78, 5) is 94.9. The van der Waals surface area contributed by atoms with E-state index in [0.717, 1.165) is 20.9 Å². The van der Waals surface area contributed by atoms with Crippen molar-refractivity contribution in [1.29, 1.82) is 0 Å². The summed E-state index contributed by atoms with van der Waals surface area (Å²) in [6.45, 7) is 3.85. The van der Waals surface area contributed by atoms with Crippen LogP contribution in [0.5, 0.6) is 0 Å². The largest absolute Gasteiger partial charge is 0.322 e. The van der Waals surface area contributed by atoms with Crippen LogP contribution in [0.3, 0.4) is 0 Å². The zero-order chi connectivity index (χ0) is 39.2. The summed E-state index contributed by atoms with van der Waals surface area (Å²) >= 11 is 0. The van der Waals surface area contributed by atoms with Crippen molar-refractivity contribution in [3.8, 4) is 0 Å². The number of benzene rings is 6. The van der Waals surface area contributed by atoms with Crippen LogP contribution in [0.15, 0.2) is 133 Å². The van der Waals surface area contributed by atoms with Crippen molar-refractivity contribution in [3.05, 3.63) is 189 Å². The number of carbonyl (C=O) groups is 7. The first kappa shape index (κ1) is 35.3. The highest BCUT2D eigenvalue weighted by Crippen LogP contribution is 2.33. The third kappa shape index (κ3) is 6.32. The van der Waals surface area contributed by atoms with Crippen molar-refractivity contribution in [3.63, 3.8) is 0 Å². The Kier molecular flexibility index (Phi) is 8.74. The van der Waals surface area contributed by atoms with Gasteiger partial charge in [-0.25, -0.2) is 9.80 Å². The van der Waals surface area contributed by atoms with E-state index in [4.69, 9.17) is 0 Å².